The number of aromatic nitrogens is 3. The van der Waals surface area contributed by atoms with Crippen molar-refractivity contribution in [2.75, 3.05) is 36.5 Å². The number of nitrogens with zero attached hydrogens (tertiary/aromatic N) is 4. The van der Waals surface area contributed by atoms with Crippen molar-refractivity contribution >= 4 is 23.2 Å². The summed E-state index contributed by atoms with van der Waals surface area (Å²) in [7, 11) is 1.77. The Morgan fingerprint density at radius 2 is 1.79 bits per heavy atom. The van der Waals surface area contributed by atoms with Gasteiger partial charge in [0.25, 0.3) is 5.91 Å². The van der Waals surface area contributed by atoms with Crippen molar-refractivity contribution in [1.82, 2.24) is 14.5 Å². The quantitative estimate of drug-likeness (QED) is 0.671. The predicted octanol–water partition coefficient (Wildman–Crippen LogP) is 2.13. The molecule has 1 aromatic carbocycles. The number of amides is 1. The van der Waals surface area contributed by atoms with Crippen molar-refractivity contribution in [3.63, 3.8) is 0 Å². The molecule has 0 aliphatic carbocycles. The maximum absolute atomic E-state index is 12.8. The zero-order valence-corrected chi connectivity index (χ0v) is 16.0. The second-order valence-corrected chi connectivity index (χ2v) is 6.70. The molecule has 148 valence electrons. The summed E-state index contributed by atoms with van der Waals surface area (Å²) in [5.41, 5.74) is 1.61. The standard InChI is InChI=1S/C21H21N5O3/c1-25-10-9-23-20(25)18(27)15-4-6-16(7-5-15)24-21(28)17-3-2-8-22-19(17)26-11-13-29-14-12-26/h2-10H,11-14H2,1H3,(H,24,28). The SMILES string of the molecule is Cn1ccnc1C(=O)c1ccc(NC(=O)c2cccnc2N2CCOCC2)cc1. The van der Waals surface area contributed by atoms with Gasteiger partial charge in [0.1, 0.15) is 5.82 Å². The lowest BCUT2D eigenvalue weighted by Crippen LogP contribution is -2.38. The van der Waals surface area contributed by atoms with E-state index in [0.717, 1.165) is 0 Å². The largest absolute Gasteiger partial charge is 0.378 e. The highest BCUT2D eigenvalue weighted by Gasteiger charge is 2.20. The molecule has 3 aromatic rings. The normalized spacial score (nSPS) is 13.9. The topological polar surface area (TPSA) is 89.3 Å². The maximum atomic E-state index is 12.8. The Bertz CT molecular complexity index is 1020. The van der Waals surface area contributed by atoms with Gasteiger partial charge in [0.15, 0.2) is 5.82 Å². The highest BCUT2D eigenvalue weighted by atomic mass is 16.5. The molecular weight excluding hydrogens is 370 g/mol. The highest BCUT2D eigenvalue weighted by molar-refractivity contribution is 6.09. The van der Waals surface area contributed by atoms with E-state index in [0.29, 0.717) is 54.8 Å². The van der Waals surface area contributed by atoms with E-state index in [1.807, 2.05) is 4.90 Å². The Hall–Kier alpha value is -3.52. The van der Waals surface area contributed by atoms with Crippen LogP contribution in [0.25, 0.3) is 0 Å². The Balaban J connectivity index is 1.49. The molecule has 1 fully saturated rings. The van der Waals surface area contributed by atoms with Crippen LogP contribution < -0.4 is 10.2 Å². The number of nitrogens with one attached hydrogen (secondary N) is 1. The summed E-state index contributed by atoms with van der Waals surface area (Å²) < 4.78 is 7.05. The van der Waals surface area contributed by atoms with Gasteiger partial charge in [-0.1, -0.05) is 0 Å². The summed E-state index contributed by atoms with van der Waals surface area (Å²) >= 11 is 0. The van der Waals surface area contributed by atoms with Crippen molar-refractivity contribution in [3.8, 4) is 0 Å². The zero-order chi connectivity index (χ0) is 20.2. The third-order valence-electron chi connectivity index (χ3n) is 4.77. The number of hydrogen-bond acceptors (Lipinski definition) is 6. The van der Waals surface area contributed by atoms with Gasteiger partial charge in [-0.3, -0.25) is 9.59 Å². The first kappa shape index (κ1) is 18.8. The molecule has 0 bridgehead atoms. The van der Waals surface area contributed by atoms with E-state index in [1.54, 1.807) is 66.6 Å². The third-order valence-corrected chi connectivity index (χ3v) is 4.77. The molecule has 1 amide bonds. The number of imidazole rings is 1. The summed E-state index contributed by atoms with van der Waals surface area (Å²) in [6.07, 6.45) is 4.99. The number of aryl methyl sites for hydroxylation is 1. The van der Waals surface area contributed by atoms with E-state index in [1.165, 1.54) is 0 Å². The predicted molar refractivity (Wildman–Crippen MR) is 108 cm³/mol. The van der Waals surface area contributed by atoms with E-state index >= 15 is 0 Å². The van der Waals surface area contributed by atoms with Crippen LogP contribution >= 0.6 is 0 Å². The summed E-state index contributed by atoms with van der Waals surface area (Å²) in [4.78, 5) is 35.9. The summed E-state index contributed by atoms with van der Waals surface area (Å²) in [6.45, 7) is 2.62. The summed E-state index contributed by atoms with van der Waals surface area (Å²) in [5.74, 6) is 0.599. The summed E-state index contributed by atoms with van der Waals surface area (Å²) in [6, 6.07) is 10.3. The minimum atomic E-state index is -0.247. The number of hydrogen-bond donors (Lipinski definition) is 1. The maximum Gasteiger partial charge on any atom is 0.259 e. The van der Waals surface area contributed by atoms with Gasteiger partial charge in [0.2, 0.25) is 5.78 Å². The minimum absolute atomic E-state index is 0.169. The lowest BCUT2D eigenvalue weighted by atomic mass is 10.1. The van der Waals surface area contributed by atoms with Crippen LogP contribution in [0.2, 0.25) is 0 Å². The fourth-order valence-corrected chi connectivity index (χ4v) is 3.22. The molecule has 8 nitrogen and oxygen atoms in total. The Labute approximate surface area is 168 Å². The lowest BCUT2D eigenvalue weighted by Gasteiger charge is -2.29. The molecule has 0 radical (unpaired) electrons. The highest BCUT2D eigenvalue weighted by Crippen LogP contribution is 2.20. The zero-order valence-electron chi connectivity index (χ0n) is 16.0. The number of carbonyl (C=O) groups is 2. The van der Waals surface area contributed by atoms with E-state index in [-0.39, 0.29) is 11.7 Å². The number of ether oxygens (including phenoxy) is 1. The molecule has 1 N–H and O–H groups in total. The first-order chi connectivity index (χ1) is 14.1. The average molecular weight is 391 g/mol. The Kier molecular flexibility index (Phi) is 5.35. The molecule has 2 aromatic heterocycles. The molecule has 29 heavy (non-hydrogen) atoms. The molecule has 4 rings (SSSR count). The molecule has 1 aliphatic rings. The monoisotopic (exact) mass is 391 g/mol. The number of anilines is 2. The molecular formula is C21H21N5O3. The van der Waals surface area contributed by atoms with E-state index < -0.39 is 0 Å². The van der Waals surface area contributed by atoms with Gasteiger partial charge in [-0.2, -0.15) is 0 Å². The molecule has 0 spiro atoms. The first-order valence-corrected chi connectivity index (χ1v) is 9.34. The molecule has 8 heteroatoms. The van der Waals surface area contributed by atoms with Gasteiger partial charge in [0, 0.05) is 50.0 Å². The number of pyridine rings is 1. The molecule has 0 unspecified atom stereocenters. The fourth-order valence-electron chi connectivity index (χ4n) is 3.22. The van der Waals surface area contributed by atoms with Crippen molar-refractivity contribution in [2.45, 2.75) is 0 Å². The average Bonchev–Trinajstić information content (AvgIpc) is 3.20. The Morgan fingerprint density at radius 3 is 2.48 bits per heavy atom. The lowest BCUT2D eigenvalue weighted by molar-refractivity contribution is 0.101. The second kappa shape index (κ2) is 8.24. The summed E-state index contributed by atoms with van der Waals surface area (Å²) in [5, 5.41) is 2.88. The van der Waals surface area contributed by atoms with E-state index in [2.05, 4.69) is 15.3 Å². The van der Waals surface area contributed by atoms with Crippen LogP contribution in [0, 0.1) is 0 Å². The first-order valence-electron chi connectivity index (χ1n) is 9.34. The second-order valence-electron chi connectivity index (χ2n) is 6.70. The van der Waals surface area contributed by atoms with Gasteiger partial charge in [0.05, 0.1) is 18.8 Å². The Morgan fingerprint density at radius 1 is 1.03 bits per heavy atom. The number of morpholine rings is 1. The third kappa shape index (κ3) is 4.02. The smallest absolute Gasteiger partial charge is 0.259 e. The molecule has 0 atom stereocenters. The molecule has 3 heterocycles. The van der Waals surface area contributed by atoms with Gasteiger partial charge in [-0.25, -0.2) is 9.97 Å². The minimum Gasteiger partial charge on any atom is -0.378 e. The molecule has 0 saturated carbocycles. The van der Waals surface area contributed by atoms with Crippen LogP contribution in [0.15, 0.2) is 55.0 Å². The number of benzene rings is 1. The van der Waals surface area contributed by atoms with Crippen LogP contribution in [0.3, 0.4) is 0 Å². The number of rotatable bonds is 5. The van der Waals surface area contributed by atoms with Gasteiger partial charge >= 0.3 is 0 Å². The number of ketones is 1. The fraction of sp³-hybridized carbons (Fsp3) is 0.238. The van der Waals surface area contributed by atoms with Crippen LogP contribution in [0.4, 0.5) is 11.5 Å². The van der Waals surface area contributed by atoms with Crippen LogP contribution in [-0.2, 0) is 11.8 Å². The van der Waals surface area contributed by atoms with Crippen molar-refractivity contribution < 1.29 is 14.3 Å². The van der Waals surface area contributed by atoms with Crippen LogP contribution in [-0.4, -0.2) is 52.5 Å². The van der Waals surface area contributed by atoms with Crippen molar-refractivity contribution in [2.24, 2.45) is 7.05 Å². The van der Waals surface area contributed by atoms with Crippen LogP contribution in [0.1, 0.15) is 26.5 Å². The van der Waals surface area contributed by atoms with E-state index in [4.69, 9.17) is 4.74 Å². The number of carbonyl (C=O) groups excluding carboxylic acids is 2. The van der Waals surface area contributed by atoms with Crippen LogP contribution in [0.5, 0.6) is 0 Å². The molecule has 1 saturated heterocycles. The molecule has 1 aliphatic heterocycles. The van der Waals surface area contributed by atoms with Crippen molar-refractivity contribution in [1.29, 1.82) is 0 Å². The van der Waals surface area contributed by atoms with Gasteiger partial charge in [-0.05, 0) is 36.4 Å². The van der Waals surface area contributed by atoms with Gasteiger partial charge < -0.3 is 19.5 Å². The van der Waals surface area contributed by atoms with E-state index in [9.17, 15) is 9.59 Å². The van der Waals surface area contributed by atoms with Crippen molar-refractivity contribution in [3.05, 3.63) is 71.9 Å². The van der Waals surface area contributed by atoms with Gasteiger partial charge in [-0.15, -0.1) is 0 Å².